The monoisotopic (exact) mass is 179 g/mol. The molecule has 0 aromatic carbocycles. The summed E-state index contributed by atoms with van der Waals surface area (Å²) in [6.45, 7) is 10.0. The number of rotatable bonds is 1. The molecule has 2 unspecified atom stereocenters. The fourth-order valence-corrected chi connectivity index (χ4v) is 2.15. The van der Waals surface area contributed by atoms with Crippen LogP contribution in [0.5, 0.6) is 0 Å². The van der Waals surface area contributed by atoms with Crippen molar-refractivity contribution in [2.75, 3.05) is 6.54 Å². The number of nitrogens with zero attached hydrogens (tertiary/aromatic N) is 1. The van der Waals surface area contributed by atoms with Gasteiger partial charge in [-0.2, -0.15) is 0 Å². The Morgan fingerprint density at radius 1 is 1.31 bits per heavy atom. The molecule has 1 aliphatic heterocycles. The molecule has 0 radical (unpaired) electrons. The fraction of sp³-hybridized carbons (Fsp3) is 0.833. The van der Waals surface area contributed by atoms with E-state index in [1.807, 2.05) is 0 Å². The van der Waals surface area contributed by atoms with Crippen LogP contribution >= 0.6 is 0 Å². The van der Waals surface area contributed by atoms with Crippen LogP contribution in [0, 0.1) is 18.3 Å². The topological polar surface area (TPSA) is 3.24 Å². The third kappa shape index (κ3) is 2.25. The van der Waals surface area contributed by atoms with Gasteiger partial charge in [-0.3, -0.25) is 4.90 Å². The molecule has 0 aromatic heterocycles. The Bertz CT molecular complexity index is 212. The van der Waals surface area contributed by atoms with E-state index in [1.165, 1.54) is 12.8 Å². The van der Waals surface area contributed by atoms with Gasteiger partial charge in [0.2, 0.25) is 0 Å². The highest BCUT2D eigenvalue weighted by molar-refractivity contribution is 5.10. The molecule has 0 saturated carbocycles. The van der Waals surface area contributed by atoms with E-state index in [4.69, 9.17) is 6.42 Å². The maximum Gasteiger partial charge on any atom is 0.0768 e. The molecular weight excluding hydrogens is 158 g/mol. The molecule has 1 fully saturated rings. The van der Waals surface area contributed by atoms with Crippen molar-refractivity contribution < 1.29 is 0 Å². The lowest BCUT2D eigenvalue weighted by molar-refractivity contribution is 0.0590. The first-order valence-electron chi connectivity index (χ1n) is 5.22. The molecule has 1 heteroatoms. The predicted octanol–water partition coefficient (Wildman–Crippen LogP) is 2.52. The molecule has 74 valence electrons. The van der Waals surface area contributed by atoms with Crippen molar-refractivity contribution in [1.82, 2.24) is 4.90 Å². The fourth-order valence-electron chi connectivity index (χ4n) is 2.15. The highest BCUT2D eigenvalue weighted by atomic mass is 15.2. The summed E-state index contributed by atoms with van der Waals surface area (Å²) in [7, 11) is 0. The average Bonchev–Trinajstić information content (AvgIpc) is 2.09. The second-order valence-corrected chi connectivity index (χ2v) is 4.89. The molecule has 0 amide bonds. The Labute approximate surface area is 82.5 Å². The van der Waals surface area contributed by atoms with E-state index >= 15 is 0 Å². The Balaban J connectivity index is 2.72. The number of hydrogen-bond acceptors (Lipinski definition) is 1. The van der Waals surface area contributed by atoms with Gasteiger partial charge in [-0.05, 0) is 39.5 Å². The van der Waals surface area contributed by atoms with Crippen LogP contribution in [0.1, 0.15) is 40.5 Å². The lowest BCUT2D eigenvalue weighted by atomic mass is 9.90. The standard InChI is InChI=1S/C12H21N/c1-6-12(4,5)13-9-10(2)7-8-11(13)3/h1,10-11H,7-9H2,2-5H3. The highest BCUT2D eigenvalue weighted by Gasteiger charge is 2.32. The van der Waals surface area contributed by atoms with Gasteiger partial charge in [0.1, 0.15) is 0 Å². The molecule has 0 aliphatic carbocycles. The van der Waals surface area contributed by atoms with Crippen LogP contribution in [0.25, 0.3) is 0 Å². The summed E-state index contributed by atoms with van der Waals surface area (Å²) in [4.78, 5) is 2.46. The van der Waals surface area contributed by atoms with Crippen molar-refractivity contribution in [3.63, 3.8) is 0 Å². The van der Waals surface area contributed by atoms with Crippen molar-refractivity contribution in [1.29, 1.82) is 0 Å². The van der Waals surface area contributed by atoms with Crippen LogP contribution in [0.3, 0.4) is 0 Å². The second-order valence-electron chi connectivity index (χ2n) is 4.89. The minimum Gasteiger partial charge on any atom is -0.285 e. The molecule has 0 aromatic rings. The molecule has 1 aliphatic rings. The lowest BCUT2D eigenvalue weighted by Gasteiger charge is -2.44. The second kappa shape index (κ2) is 3.72. The van der Waals surface area contributed by atoms with E-state index in [0.29, 0.717) is 6.04 Å². The van der Waals surface area contributed by atoms with E-state index in [1.54, 1.807) is 0 Å². The van der Waals surface area contributed by atoms with Crippen LogP contribution < -0.4 is 0 Å². The van der Waals surface area contributed by atoms with Gasteiger partial charge >= 0.3 is 0 Å². The Kier molecular flexibility index (Phi) is 3.03. The molecule has 0 N–H and O–H groups in total. The summed E-state index contributed by atoms with van der Waals surface area (Å²) in [5.74, 6) is 3.68. The molecular formula is C12H21N. The van der Waals surface area contributed by atoms with Gasteiger partial charge in [0.05, 0.1) is 5.54 Å². The van der Waals surface area contributed by atoms with Gasteiger partial charge in [0.25, 0.3) is 0 Å². The first-order chi connectivity index (χ1) is 5.97. The van der Waals surface area contributed by atoms with Crippen molar-refractivity contribution in [3.8, 4) is 12.3 Å². The molecule has 0 bridgehead atoms. The largest absolute Gasteiger partial charge is 0.285 e. The summed E-state index contributed by atoms with van der Waals surface area (Å²) in [5.41, 5.74) is -0.0753. The number of hydrogen-bond donors (Lipinski definition) is 0. The lowest BCUT2D eigenvalue weighted by Crippen LogP contribution is -2.52. The summed E-state index contributed by atoms with van der Waals surface area (Å²) in [5, 5.41) is 0. The molecule has 1 saturated heterocycles. The quantitative estimate of drug-likeness (QED) is 0.559. The van der Waals surface area contributed by atoms with Crippen LogP contribution in [0.15, 0.2) is 0 Å². The zero-order chi connectivity index (χ0) is 10.1. The Morgan fingerprint density at radius 2 is 1.92 bits per heavy atom. The van der Waals surface area contributed by atoms with E-state index in [9.17, 15) is 0 Å². The molecule has 0 spiro atoms. The van der Waals surface area contributed by atoms with E-state index in [2.05, 4.69) is 38.5 Å². The highest BCUT2D eigenvalue weighted by Crippen LogP contribution is 2.27. The molecule has 1 rings (SSSR count). The van der Waals surface area contributed by atoms with Gasteiger partial charge in [-0.1, -0.05) is 12.8 Å². The third-order valence-corrected chi connectivity index (χ3v) is 3.19. The Morgan fingerprint density at radius 3 is 2.46 bits per heavy atom. The van der Waals surface area contributed by atoms with Gasteiger partial charge in [0, 0.05) is 12.6 Å². The smallest absolute Gasteiger partial charge is 0.0768 e. The minimum atomic E-state index is -0.0753. The first kappa shape index (κ1) is 10.6. The number of terminal acetylenes is 1. The summed E-state index contributed by atoms with van der Waals surface area (Å²) < 4.78 is 0. The number of likely N-dealkylation sites (tertiary alicyclic amines) is 1. The zero-order valence-corrected chi connectivity index (χ0v) is 9.30. The van der Waals surface area contributed by atoms with E-state index in [0.717, 1.165) is 12.5 Å². The van der Waals surface area contributed by atoms with Gasteiger partial charge in [-0.25, -0.2) is 0 Å². The number of piperidine rings is 1. The SMILES string of the molecule is C#CC(C)(C)N1CC(C)CCC1C. The summed E-state index contributed by atoms with van der Waals surface area (Å²) in [6.07, 6.45) is 8.18. The predicted molar refractivity (Wildman–Crippen MR) is 57.5 cm³/mol. The summed E-state index contributed by atoms with van der Waals surface area (Å²) in [6, 6.07) is 0.641. The maximum atomic E-state index is 5.55. The van der Waals surface area contributed by atoms with Gasteiger partial charge in [-0.15, -0.1) is 6.42 Å². The maximum absolute atomic E-state index is 5.55. The van der Waals surface area contributed by atoms with E-state index in [-0.39, 0.29) is 5.54 Å². The Hall–Kier alpha value is -0.480. The minimum absolute atomic E-state index is 0.0753. The van der Waals surface area contributed by atoms with E-state index < -0.39 is 0 Å². The van der Waals surface area contributed by atoms with Crippen LogP contribution in [-0.4, -0.2) is 23.0 Å². The molecule has 13 heavy (non-hydrogen) atoms. The van der Waals surface area contributed by atoms with Crippen molar-refractivity contribution in [2.24, 2.45) is 5.92 Å². The molecule has 1 heterocycles. The van der Waals surface area contributed by atoms with Crippen molar-refractivity contribution >= 4 is 0 Å². The van der Waals surface area contributed by atoms with Crippen molar-refractivity contribution in [3.05, 3.63) is 0 Å². The first-order valence-corrected chi connectivity index (χ1v) is 5.22. The van der Waals surface area contributed by atoms with Crippen LogP contribution in [0.4, 0.5) is 0 Å². The molecule has 1 nitrogen and oxygen atoms in total. The van der Waals surface area contributed by atoms with Crippen LogP contribution in [-0.2, 0) is 0 Å². The normalized spacial score (nSPS) is 31.3. The average molecular weight is 179 g/mol. The van der Waals surface area contributed by atoms with Crippen LogP contribution in [0.2, 0.25) is 0 Å². The van der Waals surface area contributed by atoms with Gasteiger partial charge in [0.15, 0.2) is 0 Å². The summed E-state index contributed by atoms with van der Waals surface area (Å²) >= 11 is 0. The van der Waals surface area contributed by atoms with Crippen molar-refractivity contribution in [2.45, 2.75) is 52.1 Å². The third-order valence-electron chi connectivity index (χ3n) is 3.19. The molecule has 2 atom stereocenters. The van der Waals surface area contributed by atoms with Gasteiger partial charge < -0.3 is 0 Å². The zero-order valence-electron chi connectivity index (χ0n) is 9.30.